The lowest BCUT2D eigenvalue weighted by molar-refractivity contribution is -0.121. The molecule has 28 heavy (non-hydrogen) atoms. The number of ether oxygens (including phenoxy) is 1. The van der Waals surface area contributed by atoms with Crippen molar-refractivity contribution in [3.63, 3.8) is 0 Å². The SMILES string of the molecule is O=C(CCCNC(=O)c1ccccc1)NCc1cccnc1N1CCOCC1. The summed E-state index contributed by atoms with van der Waals surface area (Å²) in [5, 5.41) is 5.78. The molecule has 1 saturated heterocycles. The summed E-state index contributed by atoms with van der Waals surface area (Å²) in [4.78, 5) is 30.8. The summed E-state index contributed by atoms with van der Waals surface area (Å²) >= 11 is 0. The molecule has 0 aliphatic carbocycles. The number of hydrogen-bond donors (Lipinski definition) is 2. The summed E-state index contributed by atoms with van der Waals surface area (Å²) < 4.78 is 5.39. The third kappa shape index (κ3) is 5.79. The van der Waals surface area contributed by atoms with Crippen LogP contribution < -0.4 is 15.5 Å². The van der Waals surface area contributed by atoms with Gasteiger partial charge in [-0.15, -0.1) is 0 Å². The fourth-order valence-electron chi connectivity index (χ4n) is 3.05. The predicted molar refractivity (Wildman–Crippen MR) is 107 cm³/mol. The van der Waals surface area contributed by atoms with Gasteiger partial charge >= 0.3 is 0 Å². The maximum atomic E-state index is 12.1. The van der Waals surface area contributed by atoms with Crippen LogP contribution in [0, 0.1) is 0 Å². The minimum Gasteiger partial charge on any atom is -0.378 e. The molecule has 7 heteroatoms. The van der Waals surface area contributed by atoms with E-state index in [2.05, 4.69) is 20.5 Å². The van der Waals surface area contributed by atoms with Gasteiger partial charge in [0.1, 0.15) is 5.82 Å². The maximum absolute atomic E-state index is 12.1. The van der Waals surface area contributed by atoms with Gasteiger partial charge in [0, 0.05) is 49.9 Å². The van der Waals surface area contributed by atoms with Gasteiger partial charge < -0.3 is 20.3 Å². The zero-order chi connectivity index (χ0) is 19.6. The Kier molecular flexibility index (Phi) is 7.37. The van der Waals surface area contributed by atoms with Crippen molar-refractivity contribution in [2.45, 2.75) is 19.4 Å². The van der Waals surface area contributed by atoms with E-state index >= 15 is 0 Å². The Hall–Kier alpha value is -2.93. The normalized spacial score (nSPS) is 13.8. The van der Waals surface area contributed by atoms with Crippen molar-refractivity contribution < 1.29 is 14.3 Å². The molecule has 1 fully saturated rings. The molecule has 7 nitrogen and oxygen atoms in total. The van der Waals surface area contributed by atoms with E-state index in [0.717, 1.165) is 24.5 Å². The lowest BCUT2D eigenvalue weighted by Crippen LogP contribution is -2.37. The quantitative estimate of drug-likeness (QED) is 0.680. The molecule has 1 aliphatic heterocycles. The van der Waals surface area contributed by atoms with Crippen LogP contribution in [-0.4, -0.2) is 49.6 Å². The summed E-state index contributed by atoms with van der Waals surface area (Å²) in [5.41, 5.74) is 1.62. The van der Waals surface area contributed by atoms with Gasteiger partial charge in [0.05, 0.1) is 13.2 Å². The standard InChI is InChI=1S/C21H26N4O3/c26-19(9-5-11-23-21(27)17-6-2-1-3-7-17)24-16-18-8-4-10-22-20(18)25-12-14-28-15-13-25/h1-4,6-8,10H,5,9,11-16H2,(H,23,27)(H,24,26). The molecular weight excluding hydrogens is 356 g/mol. The molecule has 0 unspecified atom stereocenters. The van der Waals surface area contributed by atoms with Crippen LogP contribution in [0.3, 0.4) is 0 Å². The van der Waals surface area contributed by atoms with E-state index < -0.39 is 0 Å². The van der Waals surface area contributed by atoms with Crippen LogP contribution in [0.25, 0.3) is 0 Å². The molecule has 2 aromatic rings. The summed E-state index contributed by atoms with van der Waals surface area (Å²) in [6.45, 7) is 3.90. The van der Waals surface area contributed by atoms with Crippen LogP contribution in [0.4, 0.5) is 5.82 Å². The minimum absolute atomic E-state index is 0.0364. The van der Waals surface area contributed by atoms with Gasteiger partial charge in [0.15, 0.2) is 0 Å². The van der Waals surface area contributed by atoms with Crippen molar-refractivity contribution in [1.82, 2.24) is 15.6 Å². The van der Waals surface area contributed by atoms with Crippen LogP contribution >= 0.6 is 0 Å². The smallest absolute Gasteiger partial charge is 0.251 e. The minimum atomic E-state index is -0.119. The highest BCUT2D eigenvalue weighted by Crippen LogP contribution is 2.18. The number of nitrogens with zero attached hydrogens (tertiary/aromatic N) is 2. The van der Waals surface area contributed by atoms with Crippen LogP contribution in [0.2, 0.25) is 0 Å². The number of nitrogens with one attached hydrogen (secondary N) is 2. The lowest BCUT2D eigenvalue weighted by Gasteiger charge is -2.29. The summed E-state index contributed by atoms with van der Waals surface area (Å²) in [6, 6.07) is 12.9. The number of morpholine rings is 1. The maximum Gasteiger partial charge on any atom is 0.251 e. The fourth-order valence-corrected chi connectivity index (χ4v) is 3.05. The van der Waals surface area contributed by atoms with E-state index in [1.165, 1.54) is 0 Å². The van der Waals surface area contributed by atoms with E-state index in [4.69, 9.17) is 4.74 Å². The average molecular weight is 382 g/mol. The number of hydrogen-bond acceptors (Lipinski definition) is 5. The van der Waals surface area contributed by atoms with E-state index in [-0.39, 0.29) is 11.8 Å². The first kappa shape index (κ1) is 19.8. The third-order valence-electron chi connectivity index (χ3n) is 4.56. The number of carbonyl (C=O) groups is 2. The first-order chi connectivity index (χ1) is 13.7. The van der Waals surface area contributed by atoms with Crippen molar-refractivity contribution in [3.05, 3.63) is 59.8 Å². The number of anilines is 1. The third-order valence-corrected chi connectivity index (χ3v) is 4.56. The Labute approximate surface area is 165 Å². The molecule has 3 rings (SSSR count). The van der Waals surface area contributed by atoms with E-state index in [1.54, 1.807) is 18.3 Å². The zero-order valence-electron chi connectivity index (χ0n) is 15.9. The number of benzene rings is 1. The van der Waals surface area contributed by atoms with Crippen molar-refractivity contribution in [1.29, 1.82) is 0 Å². The monoisotopic (exact) mass is 382 g/mol. The van der Waals surface area contributed by atoms with Crippen LogP contribution in [0.1, 0.15) is 28.8 Å². The van der Waals surface area contributed by atoms with Gasteiger partial charge in [-0.05, 0) is 24.6 Å². The molecule has 1 aromatic carbocycles. The molecule has 0 bridgehead atoms. The molecule has 148 valence electrons. The average Bonchev–Trinajstić information content (AvgIpc) is 2.76. The summed E-state index contributed by atoms with van der Waals surface area (Å²) in [7, 11) is 0. The van der Waals surface area contributed by atoms with Crippen LogP contribution in [-0.2, 0) is 16.1 Å². The zero-order valence-corrected chi connectivity index (χ0v) is 15.9. The first-order valence-corrected chi connectivity index (χ1v) is 9.60. The van der Waals surface area contributed by atoms with Crippen LogP contribution in [0.5, 0.6) is 0 Å². The first-order valence-electron chi connectivity index (χ1n) is 9.60. The number of carbonyl (C=O) groups excluding carboxylic acids is 2. The molecule has 1 aromatic heterocycles. The second-order valence-electron chi connectivity index (χ2n) is 6.59. The largest absolute Gasteiger partial charge is 0.378 e. The number of rotatable bonds is 8. The highest BCUT2D eigenvalue weighted by molar-refractivity contribution is 5.94. The Balaban J connectivity index is 1.39. The number of amides is 2. The Bertz CT molecular complexity index is 776. The fraction of sp³-hybridized carbons (Fsp3) is 0.381. The summed E-state index contributed by atoms with van der Waals surface area (Å²) in [6.07, 6.45) is 2.72. The topological polar surface area (TPSA) is 83.6 Å². The highest BCUT2D eigenvalue weighted by Gasteiger charge is 2.16. The molecule has 0 radical (unpaired) electrons. The molecule has 1 aliphatic rings. The molecule has 2 amide bonds. The molecule has 0 spiro atoms. The Morgan fingerprint density at radius 2 is 1.82 bits per heavy atom. The second kappa shape index (κ2) is 10.4. The molecule has 0 atom stereocenters. The van der Waals surface area contributed by atoms with Crippen molar-refractivity contribution in [2.75, 3.05) is 37.7 Å². The molecule has 2 heterocycles. The van der Waals surface area contributed by atoms with Crippen molar-refractivity contribution >= 4 is 17.6 Å². The summed E-state index contributed by atoms with van der Waals surface area (Å²) in [5.74, 6) is 0.749. The van der Waals surface area contributed by atoms with Crippen molar-refractivity contribution in [3.8, 4) is 0 Å². The van der Waals surface area contributed by atoms with Gasteiger partial charge in [-0.25, -0.2) is 4.98 Å². The molecule has 2 N–H and O–H groups in total. The number of aromatic nitrogens is 1. The van der Waals surface area contributed by atoms with Gasteiger partial charge in [0.25, 0.3) is 5.91 Å². The predicted octanol–water partition coefficient (Wildman–Crippen LogP) is 1.74. The van der Waals surface area contributed by atoms with Gasteiger partial charge in [0.2, 0.25) is 5.91 Å². The highest BCUT2D eigenvalue weighted by atomic mass is 16.5. The van der Waals surface area contributed by atoms with Gasteiger partial charge in [-0.2, -0.15) is 0 Å². The molecule has 0 saturated carbocycles. The van der Waals surface area contributed by atoms with E-state index in [0.29, 0.717) is 44.7 Å². The van der Waals surface area contributed by atoms with E-state index in [1.807, 2.05) is 30.3 Å². The molecular formula is C21H26N4O3. The van der Waals surface area contributed by atoms with E-state index in [9.17, 15) is 9.59 Å². The lowest BCUT2D eigenvalue weighted by atomic mass is 10.2. The Morgan fingerprint density at radius 3 is 2.61 bits per heavy atom. The second-order valence-corrected chi connectivity index (χ2v) is 6.59. The Morgan fingerprint density at radius 1 is 1.04 bits per heavy atom. The number of pyridine rings is 1. The van der Waals surface area contributed by atoms with Gasteiger partial charge in [-0.3, -0.25) is 9.59 Å². The van der Waals surface area contributed by atoms with Crippen LogP contribution in [0.15, 0.2) is 48.7 Å². The van der Waals surface area contributed by atoms with Crippen molar-refractivity contribution in [2.24, 2.45) is 0 Å². The van der Waals surface area contributed by atoms with Gasteiger partial charge in [-0.1, -0.05) is 24.3 Å².